The molecule has 8 heteroatoms. The van der Waals surface area contributed by atoms with Gasteiger partial charge in [-0.1, -0.05) is 34.6 Å². The normalized spacial score (nSPS) is 13.9. The Kier molecular flexibility index (Phi) is 11.4. The molecule has 0 fully saturated rings. The molecule has 4 heterocycles. The summed E-state index contributed by atoms with van der Waals surface area (Å²) in [6.07, 6.45) is 6.12. The van der Waals surface area contributed by atoms with E-state index in [-0.39, 0.29) is 5.91 Å². The molecule has 3 aromatic rings. The summed E-state index contributed by atoms with van der Waals surface area (Å²) in [7, 11) is 2.14. The maximum Gasteiger partial charge on any atom is 0.226 e. The van der Waals surface area contributed by atoms with Crippen molar-refractivity contribution in [1.82, 2.24) is 20.2 Å². The van der Waals surface area contributed by atoms with Crippen LogP contribution < -0.4 is 10.6 Å². The molecule has 0 saturated heterocycles. The molecule has 2 N–H and O–H groups in total. The lowest BCUT2D eigenvalue weighted by Gasteiger charge is -2.22. The quantitative estimate of drug-likeness (QED) is 0.415. The summed E-state index contributed by atoms with van der Waals surface area (Å²) in [5.74, 6) is 0.0526. The van der Waals surface area contributed by atoms with Crippen molar-refractivity contribution >= 4 is 43.8 Å². The van der Waals surface area contributed by atoms with E-state index in [9.17, 15) is 4.79 Å². The van der Waals surface area contributed by atoms with Gasteiger partial charge in [0.15, 0.2) is 0 Å². The van der Waals surface area contributed by atoms with Gasteiger partial charge in [0.2, 0.25) is 5.91 Å². The predicted octanol–water partition coefficient (Wildman–Crippen LogP) is 6.18. The first-order chi connectivity index (χ1) is 16.0. The first-order valence-corrected chi connectivity index (χ1v) is 13.8. The molecule has 182 valence electrons. The Hall–Kier alpha value is -1.87. The molecule has 3 aromatic heterocycles. The van der Waals surface area contributed by atoms with E-state index in [1.807, 2.05) is 33.8 Å². The molecule has 0 spiro atoms. The van der Waals surface area contributed by atoms with E-state index in [1.165, 1.54) is 10.4 Å². The van der Waals surface area contributed by atoms with Gasteiger partial charge in [-0.3, -0.25) is 9.78 Å². The zero-order valence-corrected chi connectivity index (χ0v) is 22.8. The van der Waals surface area contributed by atoms with Gasteiger partial charge in [0.25, 0.3) is 0 Å². The van der Waals surface area contributed by atoms with E-state index < -0.39 is 0 Å². The molecule has 0 radical (unpaired) electrons. The number of aromatic nitrogens is 2. The number of fused-ring (bicyclic) bond motifs is 2. The number of pyridine rings is 1. The number of carbonyl (C=O) groups excluding carboxylic acids is 1. The molecule has 4 rings (SSSR count). The smallest absolute Gasteiger partial charge is 0.226 e. The van der Waals surface area contributed by atoms with Crippen molar-refractivity contribution in [3.63, 3.8) is 0 Å². The number of nitrogens with one attached hydrogen (secondary N) is 2. The lowest BCUT2D eigenvalue weighted by molar-refractivity contribution is -0.116. The lowest BCUT2D eigenvalue weighted by atomic mass is 10.0. The van der Waals surface area contributed by atoms with Crippen LogP contribution in [-0.4, -0.2) is 47.0 Å². The summed E-state index contributed by atoms with van der Waals surface area (Å²) in [6.45, 7) is 14.9. The second-order valence-corrected chi connectivity index (χ2v) is 9.76. The number of thiophene rings is 1. The van der Waals surface area contributed by atoms with Crippen molar-refractivity contribution in [2.75, 3.05) is 25.5 Å². The van der Waals surface area contributed by atoms with Crippen molar-refractivity contribution in [1.29, 1.82) is 0 Å². The van der Waals surface area contributed by atoms with Crippen molar-refractivity contribution in [2.24, 2.45) is 0 Å². The van der Waals surface area contributed by atoms with Crippen LogP contribution in [0, 0.1) is 0 Å². The van der Waals surface area contributed by atoms with E-state index in [0.29, 0.717) is 19.0 Å². The van der Waals surface area contributed by atoms with Crippen molar-refractivity contribution in [3.8, 4) is 10.6 Å². The molecule has 1 unspecified atom stereocenters. The number of carbonyl (C=O) groups is 1. The monoisotopic (exact) mass is 489 g/mol. The first-order valence-electron chi connectivity index (χ1n) is 12.1. The molecule has 0 aromatic carbocycles. The second-order valence-electron chi connectivity index (χ2n) is 7.62. The number of nitrogens with zero attached hydrogens (tertiary/aromatic N) is 3. The maximum atomic E-state index is 12.6. The van der Waals surface area contributed by atoms with Crippen LogP contribution in [0.15, 0.2) is 18.5 Å². The van der Waals surface area contributed by atoms with Crippen LogP contribution in [0.2, 0.25) is 0 Å². The van der Waals surface area contributed by atoms with Crippen molar-refractivity contribution in [2.45, 2.75) is 73.4 Å². The number of amides is 1. The summed E-state index contributed by atoms with van der Waals surface area (Å²) < 4.78 is 1.12. The third-order valence-electron chi connectivity index (χ3n) is 5.36. The predicted molar refractivity (Wildman–Crippen MR) is 144 cm³/mol. The molecule has 1 atom stereocenters. The standard InChI is InChI=1S/C21H27N5OS2.2C2H6/c1-4-13(2)23-9-6-18(27)25-21-19(14-7-10-26(3)12-17(14)29-21)20-24-15-11-22-8-5-16(15)28-20;2*1-2/h5,8,11,13,23H,4,6-7,9-10,12H2,1-3H3,(H,25,27);2*1-2H3. The Labute approximate surface area is 206 Å². The Balaban J connectivity index is 0.000000914. The van der Waals surface area contributed by atoms with Gasteiger partial charge in [-0.25, -0.2) is 4.98 Å². The highest BCUT2D eigenvalue weighted by atomic mass is 32.1. The number of likely N-dealkylation sites (N-methyl/N-ethyl adjacent to an activating group) is 1. The van der Waals surface area contributed by atoms with Crippen LogP contribution >= 0.6 is 22.7 Å². The zero-order valence-electron chi connectivity index (χ0n) is 21.1. The van der Waals surface area contributed by atoms with Crippen LogP contribution in [0.5, 0.6) is 0 Å². The molecular formula is C25H39N5OS2. The van der Waals surface area contributed by atoms with Gasteiger partial charge in [-0.05, 0) is 38.4 Å². The summed E-state index contributed by atoms with van der Waals surface area (Å²) in [4.78, 5) is 25.3. The van der Waals surface area contributed by atoms with Gasteiger partial charge in [0, 0.05) is 48.7 Å². The van der Waals surface area contributed by atoms with Crippen LogP contribution in [-0.2, 0) is 17.8 Å². The van der Waals surface area contributed by atoms with Gasteiger partial charge in [0.1, 0.15) is 15.5 Å². The number of hydrogen-bond donors (Lipinski definition) is 2. The Bertz CT molecular complexity index is 981. The van der Waals surface area contributed by atoms with Crippen molar-refractivity contribution in [3.05, 3.63) is 28.9 Å². The fraction of sp³-hybridized carbons (Fsp3) is 0.560. The average Bonchev–Trinajstić information content (AvgIpc) is 3.41. The minimum absolute atomic E-state index is 0.0526. The van der Waals surface area contributed by atoms with E-state index >= 15 is 0 Å². The lowest BCUT2D eigenvalue weighted by Crippen LogP contribution is -2.28. The fourth-order valence-electron chi connectivity index (χ4n) is 3.50. The molecule has 1 aliphatic heterocycles. The molecular weight excluding hydrogens is 450 g/mol. The third-order valence-corrected chi connectivity index (χ3v) is 7.55. The van der Waals surface area contributed by atoms with E-state index in [2.05, 4.69) is 41.4 Å². The highest BCUT2D eigenvalue weighted by Gasteiger charge is 2.26. The minimum atomic E-state index is 0.0526. The van der Waals surface area contributed by atoms with Gasteiger partial charge in [-0.2, -0.15) is 0 Å². The minimum Gasteiger partial charge on any atom is -0.317 e. The molecule has 6 nitrogen and oxygen atoms in total. The van der Waals surface area contributed by atoms with Crippen molar-refractivity contribution < 1.29 is 4.79 Å². The van der Waals surface area contributed by atoms with Gasteiger partial charge in [-0.15, -0.1) is 22.7 Å². The molecule has 1 aliphatic rings. The first kappa shape index (κ1) is 27.4. The van der Waals surface area contributed by atoms with Crippen LogP contribution in [0.1, 0.15) is 64.8 Å². The van der Waals surface area contributed by atoms with Crippen LogP contribution in [0.25, 0.3) is 20.8 Å². The Morgan fingerprint density at radius 1 is 1.24 bits per heavy atom. The Morgan fingerprint density at radius 2 is 2.00 bits per heavy atom. The SMILES string of the molecule is CC.CC.CCC(C)NCCC(=O)Nc1sc2c(c1-c1nc3cnccc3s1)CCN(C)C2. The summed E-state index contributed by atoms with van der Waals surface area (Å²) in [5.41, 5.74) is 3.37. The number of hydrogen-bond acceptors (Lipinski definition) is 7. The van der Waals surface area contributed by atoms with E-state index in [4.69, 9.17) is 4.98 Å². The summed E-state index contributed by atoms with van der Waals surface area (Å²) in [5, 5.41) is 8.49. The largest absolute Gasteiger partial charge is 0.317 e. The van der Waals surface area contributed by atoms with E-state index in [1.54, 1.807) is 35.1 Å². The number of anilines is 1. The van der Waals surface area contributed by atoms with Crippen LogP contribution in [0.3, 0.4) is 0 Å². The molecule has 0 bridgehead atoms. The maximum absolute atomic E-state index is 12.6. The van der Waals surface area contributed by atoms with Gasteiger partial charge >= 0.3 is 0 Å². The highest BCUT2D eigenvalue weighted by Crippen LogP contribution is 2.45. The third kappa shape index (κ3) is 7.06. The molecule has 33 heavy (non-hydrogen) atoms. The average molecular weight is 490 g/mol. The second kappa shape index (κ2) is 13.7. The van der Waals surface area contributed by atoms with Gasteiger partial charge in [0.05, 0.1) is 10.9 Å². The summed E-state index contributed by atoms with van der Waals surface area (Å²) >= 11 is 3.37. The highest BCUT2D eigenvalue weighted by molar-refractivity contribution is 7.22. The number of rotatable bonds is 7. The fourth-order valence-corrected chi connectivity index (χ4v) is 5.92. The zero-order chi connectivity index (χ0) is 24.4. The van der Waals surface area contributed by atoms with Gasteiger partial charge < -0.3 is 15.5 Å². The number of thiazole rings is 1. The summed E-state index contributed by atoms with van der Waals surface area (Å²) in [6, 6.07) is 2.43. The molecule has 0 aliphatic carbocycles. The van der Waals surface area contributed by atoms with Crippen LogP contribution in [0.4, 0.5) is 5.00 Å². The molecule has 1 amide bonds. The van der Waals surface area contributed by atoms with E-state index in [0.717, 1.165) is 51.7 Å². The topological polar surface area (TPSA) is 70.1 Å². The molecule has 0 saturated carbocycles. The Morgan fingerprint density at radius 3 is 2.70 bits per heavy atom.